The van der Waals surface area contributed by atoms with Crippen molar-refractivity contribution in [1.29, 1.82) is 0 Å². The third kappa shape index (κ3) is 3.58. The monoisotopic (exact) mass is 199 g/mol. The van der Waals surface area contributed by atoms with Crippen LogP contribution in [-0.4, -0.2) is 23.3 Å². The zero-order chi connectivity index (χ0) is 10.8. The van der Waals surface area contributed by atoms with Gasteiger partial charge in [0.05, 0.1) is 5.60 Å². The van der Waals surface area contributed by atoms with Gasteiger partial charge in [0.15, 0.2) is 0 Å². The molecule has 0 saturated heterocycles. The van der Waals surface area contributed by atoms with Gasteiger partial charge in [-0.2, -0.15) is 0 Å². The van der Waals surface area contributed by atoms with Crippen molar-refractivity contribution in [3.8, 4) is 0 Å². The molecular formula is C12H25NO. The molecule has 1 rings (SSSR count). The first-order chi connectivity index (χ1) is 6.33. The largest absolute Gasteiger partial charge is 0.389 e. The Hall–Kier alpha value is -0.0800. The second kappa shape index (κ2) is 4.19. The van der Waals surface area contributed by atoms with Crippen molar-refractivity contribution in [2.75, 3.05) is 6.54 Å². The van der Waals surface area contributed by atoms with Crippen molar-refractivity contribution >= 4 is 0 Å². The molecule has 0 amide bonds. The van der Waals surface area contributed by atoms with E-state index in [9.17, 15) is 5.11 Å². The minimum absolute atomic E-state index is 0.435. The van der Waals surface area contributed by atoms with Gasteiger partial charge in [-0.1, -0.05) is 27.7 Å². The van der Waals surface area contributed by atoms with Crippen molar-refractivity contribution in [1.82, 2.24) is 5.32 Å². The summed E-state index contributed by atoms with van der Waals surface area (Å²) < 4.78 is 0. The lowest BCUT2D eigenvalue weighted by atomic mass is 9.71. The van der Waals surface area contributed by atoms with E-state index < -0.39 is 5.60 Å². The highest BCUT2D eigenvalue weighted by Crippen LogP contribution is 2.39. The summed E-state index contributed by atoms with van der Waals surface area (Å²) in [6, 6.07) is 0.467. The summed E-state index contributed by atoms with van der Waals surface area (Å²) in [4.78, 5) is 0. The molecule has 0 spiro atoms. The highest BCUT2D eigenvalue weighted by molar-refractivity contribution is 4.90. The summed E-state index contributed by atoms with van der Waals surface area (Å²) in [5.74, 6) is 0. The average Bonchev–Trinajstić information content (AvgIpc) is 2.08. The van der Waals surface area contributed by atoms with Gasteiger partial charge in [-0.3, -0.25) is 0 Å². The van der Waals surface area contributed by atoms with Crippen molar-refractivity contribution in [2.45, 2.75) is 65.0 Å². The Morgan fingerprint density at radius 3 is 2.07 bits per heavy atom. The Bertz CT molecular complexity index is 171. The van der Waals surface area contributed by atoms with E-state index in [2.05, 4.69) is 33.0 Å². The summed E-state index contributed by atoms with van der Waals surface area (Å²) in [5.41, 5.74) is -0.0101. The van der Waals surface area contributed by atoms with Gasteiger partial charge in [0.2, 0.25) is 0 Å². The SMILES string of the molecule is CC(C)NCC1(O)CCC(C)(C)CC1. The molecule has 0 heterocycles. The van der Waals surface area contributed by atoms with Crippen LogP contribution in [-0.2, 0) is 0 Å². The molecule has 1 aliphatic rings. The van der Waals surface area contributed by atoms with E-state index in [1.54, 1.807) is 0 Å². The van der Waals surface area contributed by atoms with Crippen LogP contribution in [0.4, 0.5) is 0 Å². The molecule has 0 bridgehead atoms. The molecule has 2 nitrogen and oxygen atoms in total. The topological polar surface area (TPSA) is 32.3 Å². The smallest absolute Gasteiger partial charge is 0.0772 e. The Morgan fingerprint density at radius 2 is 1.64 bits per heavy atom. The average molecular weight is 199 g/mol. The predicted octanol–water partition coefficient (Wildman–Crippen LogP) is 2.32. The van der Waals surface area contributed by atoms with Gasteiger partial charge in [0.25, 0.3) is 0 Å². The third-order valence-corrected chi connectivity index (χ3v) is 3.37. The molecule has 1 aliphatic carbocycles. The zero-order valence-corrected chi connectivity index (χ0v) is 10.1. The Kier molecular flexibility index (Phi) is 3.59. The molecule has 14 heavy (non-hydrogen) atoms. The number of hydrogen-bond donors (Lipinski definition) is 2. The quantitative estimate of drug-likeness (QED) is 0.731. The molecule has 0 aromatic heterocycles. The van der Waals surface area contributed by atoms with E-state index in [-0.39, 0.29) is 0 Å². The van der Waals surface area contributed by atoms with Crippen LogP contribution in [0.3, 0.4) is 0 Å². The van der Waals surface area contributed by atoms with Crippen molar-refractivity contribution in [3.05, 3.63) is 0 Å². The lowest BCUT2D eigenvalue weighted by Crippen LogP contribution is -2.46. The van der Waals surface area contributed by atoms with Crippen LogP contribution in [0, 0.1) is 5.41 Å². The molecular weight excluding hydrogens is 174 g/mol. The number of aliphatic hydroxyl groups is 1. The second-order valence-electron chi connectivity index (χ2n) is 5.92. The first kappa shape index (κ1) is 12.0. The highest BCUT2D eigenvalue weighted by Gasteiger charge is 2.36. The second-order valence-corrected chi connectivity index (χ2v) is 5.92. The number of rotatable bonds is 3. The van der Waals surface area contributed by atoms with Gasteiger partial charge in [-0.15, -0.1) is 0 Å². The van der Waals surface area contributed by atoms with E-state index in [0.717, 1.165) is 32.2 Å². The van der Waals surface area contributed by atoms with Gasteiger partial charge in [-0.05, 0) is 31.1 Å². The highest BCUT2D eigenvalue weighted by atomic mass is 16.3. The Labute approximate surface area is 88.1 Å². The predicted molar refractivity (Wildman–Crippen MR) is 60.3 cm³/mol. The van der Waals surface area contributed by atoms with E-state index in [1.807, 2.05) is 0 Å². The van der Waals surface area contributed by atoms with Gasteiger partial charge in [-0.25, -0.2) is 0 Å². The number of hydrogen-bond acceptors (Lipinski definition) is 2. The van der Waals surface area contributed by atoms with Gasteiger partial charge in [0.1, 0.15) is 0 Å². The molecule has 0 radical (unpaired) electrons. The zero-order valence-electron chi connectivity index (χ0n) is 10.1. The fourth-order valence-corrected chi connectivity index (χ4v) is 1.96. The molecule has 2 N–H and O–H groups in total. The lowest BCUT2D eigenvalue weighted by Gasteiger charge is -2.40. The van der Waals surface area contributed by atoms with Gasteiger partial charge in [0, 0.05) is 12.6 Å². The summed E-state index contributed by atoms with van der Waals surface area (Å²) in [6.45, 7) is 9.58. The normalized spacial score (nSPS) is 25.3. The van der Waals surface area contributed by atoms with E-state index >= 15 is 0 Å². The van der Waals surface area contributed by atoms with Gasteiger partial charge >= 0.3 is 0 Å². The third-order valence-electron chi connectivity index (χ3n) is 3.37. The lowest BCUT2D eigenvalue weighted by molar-refractivity contribution is -0.0254. The van der Waals surface area contributed by atoms with Crippen LogP contribution in [0.1, 0.15) is 53.4 Å². The summed E-state index contributed by atoms with van der Waals surface area (Å²) in [6.07, 6.45) is 4.17. The first-order valence-electron chi connectivity index (χ1n) is 5.79. The maximum Gasteiger partial charge on any atom is 0.0772 e. The fraction of sp³-hybridized carbons (Fsp3) is 1.00. The standard InChI is InChI=1S/C12H25NO/c1-10(2)13-9-12(14)7-5-11(3,4)6-8-12/h10,13-14H,5-9H2,1-4H3. The molecule has 2 heteroatoms. The maximum absolute atomic E-state index is 10.3. The fourth-order valence-electron chi connectivity index (χ4n) is 1.96. The van der Waals surface area contributed by atoms with Gasteiger partial charge < -0.3 is 10.4 Å². The van der Waals surface area contributed by atoms with Crippen LogP contribution in [0.5, 0.6) is 0 Å². The maximum atomic E-state index is 10.3. The molecule has 1 fully saturated rings. The van der Waals surface area contributed by atoms with E-state index in [4.69, 9.17) is 0 Å². The Balaban J connectivity index is 2.37. The Morgan fingerprint density at radius 1 is 1.14 bits per heavy atom. The minimum Gasteiger partial charge on any atom is -0.389 e. The van der Waals surface area contributed by atoms with Crippen molar-refractivity contribution in [3.63, 3.8) is 0 Å². The summed E-state index contributed by atoms with van der Waals surface area (Å²) in [7, 11) is 0. The van der Waals surface area contributed by atoms with Crippen molar-refractivity contribution < 1.29 is 5.11 Å². The molecule has 0 aliphatic heterocycles. The van der Waals surface area contributed by atoms with E-state index in [0.29, 0.717) is 11.5 Å². The number of nitrogens with one attached hydrogen (secondary N) is 1. The minimum atomic E-state index is -0.445. The first-order valence-corrected chi connectivity index (χ1v) is 5.79. The van der Waals surface area contributed by atoms with Crippen LogP contribution in [0.2, 0.25) is 0 Å². The molecule has 0 aromatic rings. The molecule has 0 aromatic carbocycles. The molecule has 0 atom stereocenters. The van der Waals surface area contributed by atoms with Crippen LogP contribution in [0.25, 0.3) is 0 Å². The van der Waals surface area contributed by atoms with Crippen molar-refractivity contribution in [2.24, 2.45) is 5.41 Å². The summed E-state index contributed by atoms with van der Waals surface area (Å²) in [5, 5.41) is 13.6. The van der Waals surface area contributed by atoms with Crippen LogP contribution >= 0.6 is 0 Å². The van der Waals surface area contributed by atoms with Crippen LogP contribution in [0.15, 0.2) is 0 Å². The van der Waals surface area contributed by atoms with E-state index in [1.165, 1.54) is 0 Å². The molecule has 84 valence electrons. The van der Waals surface area contributed by atoms with Crippen LogP contribution < -0.4 is 5.32 Å². The molecule has 1 saturated carbocycles. The summed E-state index contributed by atoms with van der Waals surface area (Å²) >= 11 is 0. The molecule has 0 unspecified atom stereocenters.